The van der Waals surface area contributed by atoms with Crippen molar-refractivity contribution < 1.29 is 0 Å². The van der Waals surface area contributed by atoms with Gasteiger partial charge in [-0.05, 0) is 67.4 Å². The van der Waals surface area contributed by atoms with Gasteiger partial charge in [0, 0.05) is 54.4 Å². The SMILES string of the molecule is Cc1cc(-c2cn(C)c3c(=O)[nH]ccc23)cc2c1ccn2C(C)(c1ccccn1)c1ccccn1. The van der Waals surface area contributed by atoms with Crippen molar-refractivity contribution in [1.29, 1.82) is 0 Å². The van der Waals surface area contributed by atoms with Gasteiger partial charge in [0.25, 0.3) is 5.56 Å². The molecule has 0 aliphatic carbocycles. The number of aryl methyl sites for hydroxylation is 2. The fourth-order valence-electron chi connectivity index (χ4n) is 5.25. The van der Waals surface area contributed by atoms with E-state index in [0.29, 0.717) is 5.52 Å². The Balaban J connectivity index is 1.65. The van der Waals surface area contributed by atoms with Crippen molar-refractivity contribution in [3.8, 4) is 11.1 Å². The molecule has 0 aliphatic rings. The van der Waals surface area contributed by atoms with Gasteiger partial charge in [0.15, 0.2) is 0 Å². The topological polar surface area (TPSA) is 68.5 Å². The predicted octanol–water partition coefficient (Wildman–Crippen LogP) is 5.40. The minimum Gasteiger partial charge on any atom is -0.345 e. The summed E-state index contributed by atoms with van der Waals surface area (Å²) in [6.45, 7) is 4.30. The summed E-state index contributed by atoms with van der Waals surface area (Å²) in [6.07, 6.45) is 9.52. The lowest BCUT2D eigenvalue weighted by molar-refractivity contribution is 0.463. The normalized spacial score (nSPS) is 12.0. The van der Waals surface area contributed by atoms with Gasteiger partial charge >= 0.3 is 0 Å². The van der Waals surface area contributed by atoms with Crippen LogP contribution in [-0.4, -0.2) is 24.1 Å². The zero-order valence-electron chi connectivity index (χ0n) is 19.9. The third-order valence-corrected chi connectivity index (χ3v) is 7.04. The van der Waals surface area contributed by atoms with Crippen LogP contribution in [0, 0.1) is 6.92 Å². The molecule has 0 bridgehead atoms. The first kappa shape index (κ1) is 21.1. The van der Waals surface area contributed by atoms with Crippen molar-refractivity contribution >= 4 is 21.8 Å². The van der Waals surface area contributed by atoms with E-state index in [1.807, 2.05) is 72.7 Å². The maximum absolute atomic E-state index is 12.5. The van der Waals surface area contributed by atoms with Gasteiger partial charge in [-0.2, -0.15) is 0 Å². The largest absolute Gasteiger partial charge is 0.345 e. The van der Waals surface area contributed by atoms with Crippen molar-refractivity contribution in [2.45, 2.75) is 19.4 Å². The molecule has 0 saturated heterocycles. The number of nitrogens with zero attached hydrogens (tertiary/aromatic N) is 4. The van der Waals surface area contributed by atoms with Crippen molar-refractivity contribution in [3.63, 3.8) is 0 Å². The van der Waals surface area contributed by atoms with Crippen molar-refractivity contribution in [2.24, 2.45) is 7.05 Å². The number of benzene rings is 1. The maximum atomic E-state index is 12.5. The molecule has 172 valence electrons. The third kappa shape index (κ3) is 3.14. The smallest absolute Gasteiger partial charge is 0.272 e. The minimum atomic E-state index is -0.620. The lowest BCUT2D eigenvalue weighted by Gasteiger charge is -2.32. The number of pyridine rings is 3. The summed E-state index contributed by atoms with van der Waals surface area (Å²) in [5, 5.41) is 2.11. The van der Waals surface area contributed by atoms with Crippen LogP contribution in [0.1, 0.15) is 23.9 Å². The van der Waals surface area contributed by atoms with E-state index in [1.54, 1.807) is 6.20 Å². The van der Waals surface area contributed by atoms with Crippen molar-refractivity contribution in [3.05, 3.63) is 119 Å². The molecule has 6 heteroatoms. The van der Waals surface area contributed by atoms with Gasteiger partial charge in [-0.3, -0.25) is 14.8 Å². The number of aromatic nitrogens is 5. The number of H-pyrrole nitrogens is 1. The summed E-state index contributed by atoms with van der Waals surface area (Å²) in [6, 6.07) is 20.5. The molecule has 0 atom stereocenters. The van der Waals surface area contributed by atoms with E-state index in [1.165, 1.54) is 10.9 Å². The first-order chi connectivity index (χ1) is 17.0. The molecule has 0 fully saturated rings. The predicted molar refractivity (Wildman–Crippen MR) is 140 cm³/mol. The Morgan fingerprint density at radius 1 is 0.914 bits per heavy atom. The molecule has 0 spiro atoms. The van der Waals surface area contributed by atoms with Crippen molar-refractivity contribution in [1.82, 2.24) is 24.1 Å². The van der Waals surface area contributed by atoms with Gasteiger partial charge in [-0.15, -0.1) is 0 Å². The highest BCUT2D eigenvalue weighted by molar-refractivity contribution is 5.98. The molecule has 5 aromatic heterocycles. The molecule has 35 heavy (non-hydrogen) atoms. The zero-order chi connectivity index (χ0) is 24.2. The molecule has 6 aromatic rings. The Labute approximate surface area is 202 Å². The summed E-state index contributed by atoms with van der Waals surface area (Å²) in [5.41, 5.74) is 6.14. The molecule has 0 aliphatic heterocycles. The maximum Gasteiger partial charge on any atom is 0.272 e. The Bertz CT molecular complexity index is 1700. The summed E-state index contributed by atoms with van der Waals surface area (Å²) in [4.78, 5) is 24.8. The standard InChI is InChI=1S/C29H25N5O/c1-19-16-20(23-18-33(3)27-22(23)10-14-32-28(27)35)17-24-21(19)11-15-34(24)29(2,25-8-4-6-12-30-25)26-9-5-7-13-31-26/h4-18H,1-3H3,(H,32,35). The van der Waals surface area contributed by atoms with Crippen LogP contribution in [0.5, 0.6) is 0 Å². The second kappa shape index (κ2) is 7.81. The fraction of sp³-hybridized carbons (Fsp3) is 0.138. The molecule has 1 aromatic carbocycles. The Morgan fingerprint density at radius 3 is 2.29 bits per heavy atom. The minimum absolute atomic E-state index is 0.0877. The van der Waals surface area contributed by atoms with E-state index >= 15 is 0 Å². The average Bonchev–Trinajstić information content (AvgIpc) is 3.47. The van der Waals surface area contributed by atoms with Crippen LogP contribution in [0.15, 0.2) is 96.4 Å². The Kier molecular flexibility index (Phi) is 4.71. The van der Waals surface area contributed by atoms with Gasteiger partial charge in [-0.1, -0.05) is 18.2 Å². The number of rotatable bonds is 4. The Hall–Kier alpha value is -4.45. The number of fused-ring (bicyclic) bond motifs is 2. The molecule has 5 heterocycles. The number of aromatic amines is 1. The molecule has 0 amide bonds. The van der Waals surface area contributed by atoms with E-state index in [0.717, 1.165) is 33.4 Å². The average molecular weight is 460 g/mol. The summed E-state index contributed by atoms with van der Waals surface area (Å²) < 4.78 is 4.16. The lowest BCUT2D eigenvalue weighted by atomic mass is 9.91. The van der Waals surface area contributed by atoms with Crippen LogP contribution in [0.4, 0.5) is 0 Å². The van der Waals surface area contributed by atoms with Crippen LogP contribution in [0.25, 0.3) is 32.9 Å². The number of hydrogen-bond acceptors (Lipinski definition) is 3. The van der Waals surface area contributed by atoms with Gasteiger partial charge in [-0.25, -0.2) is 0 Å². The highest BCUT2D eigenvalue weighted by Gasteiger charge is 2.34. The molecular weight excluding hydrogens is 434 g/mol. The lowest BCUT2D eigenvalue weighted by Crippen LogP contribution is -2.34. The summed E-state index contributed by atoms with van der Waals surface area (Å²) >= 11 is 0. The summed E-state index contributed by atoms with van der Waals surface area (Å²) in [5.74, 6) is 0. The fourth-order valence-corrected chi connectivity index (χ4v) is 5.25. The third-order valence-electron chi connectivity index (χ3n) is 7.04. The first-order valence-corrected chi connectivity index (χ1v) is 11.6. The molecular formula is C29H25N5O. The summed E-state index contributed by atoms with van der Waals surface area (Å²) in [7, 11) is 1.91. The van der Waals surface area contributed by atoms with Crippen LogP contribution in [-0.2, 0) is 12.6 Å². The number of hydrogen-bond donors (Lipinski definition) is 1. The van der Waals surface area contributed by atoms with E-state index < -0.39 is 5.54 Å². The highest BCUT2D eigenvalue weighted by atomic mass is 16.1. The van der Waals surface area contributed by atoms with Crippen LogP contribution < -0.4 is 5.56 Å². The molecule has 0 saturated carbocycles. The molecule has 1 N–H and O–H groups in total. The van der Waals surface area contributed by atoms with Crippen LogP contribution in [0.3, 0.4) is 0 Å². The van der Waals surface area contributed by atoms with E-state index in [-0.39, 0.29) is 5.56 Å². The van der Waals surface area contributed by atoms with E-state index in [2.05, 4.69) is 47.8 Å². The first-order valence-electron chi connectivity index (χ1n) is 11.6. The molecule has 0 radical (unpaired) electrons. The van der Waals surface area contributed by atoms with Gasteiger partial charge in [0.1, 0.15) is 11.1 Å². The monoisotopic (exact) mass is 459 g/mol. The van der Waals surface area contributed by atoms with E-state index in [9.17, 15) is 4.79 Å². The quantitative estimate of drug-likeness (QED) is 0.384. The van der Waals surface area contributed by atoms with Gasteiger partial charge in [0.2, 0.25) is 0 Å². The Morgan fingerprint density at radius 2 is 1.63 bits per heavy atom. The van der Waals surface area contributed by atoms with E-state index in [4.69, 9.17) is 9.97 Å². The molecule has 6 nitrogen and oxygen atoms in total. The zero-order valence-corrected chi connectivity index (χ0v) is 19.9. The second-order valence-corrected chi connectivity index (χ2v) is 9.14. The van der Waals surface area contributed by atoms with Gasteiger partial charge < -0.3 is 14.1 Å². The molecule has 6 rings (SSSR count). The molecule has 0 unspecified atom stereocenters. The highest BCUT2D eigenvalue weighted by Crippen LogP contribution is 2.38. The second-order valence-electron chi connectivity index (χ2n) is 9.14. The van der Waals surface area contributed by atoms with Gasteiger partial charge in [0.05, 0.1) is 16.9 Å². The number of nitrogens with one attached hydrogen (secondary N) is 1. The van der Waals surface area contributed by atoms with Crippen LogP contribution in [0.2, 0.25) is 0 Å². The van der Waals surface area contributed by atoms with Crippen LogP contribution >= 0.6 is 0 Å². The van der Waals surface area contributed by atoms with Crippen molar-refractivity contribution in [2.75, 3.05) is 0 Å².